The fourth-order valence-electron chi connectivity index (χ4n) is 3.86. The first-order chi connectivity index (χ1) is 14.6. The molecule has 0 aliphatic carbocycles. The van der Waals surface area contributed by atoms with Crippen LogP contribution in [0.4, 0.5) is 5.82 Å². The van der Waals surface area contributed by atoms with Crippen molar-refractivity contribution in [2.45, 2.75) is 0 Å². The maximum absolute atomic E-state index is 13.0. The lowest BCUT2D eigenvalue weighted by Crippen LogP contribution is -2.49. The van der Waals surface area contributed by atoms with E-state index in [0.717, 1.165) is 16.6 Å². The molecule has 1 aliphatic heterocycles. The van der Waals surface area contributed by atoms with Crippen molar-refractivity contribution in [3.63, 3.8) is 0 Å². The third-order valence-electron chi connectivity index (χ3n) is 5.43. The highest BCUT2D eigenvalue weighted by molar-refractivity contribution is 6.04. The molecule has 0 saturated carbocycles. The number of aromatic carboxylic acids is 1. The molecule has 0 atom stereocenters. The Morgan fingerprint density at radius 3 is 2.60 bits per heavy atom. The van der Waals surface area contributed by atoms with E-state index in [0.29, 0.717) is 42.6 Å². The largest absolute Gasteiger partial charge is 0.476 e. The van der Waals surface area contributed by atoms with Crippen molar-refractivity contribution < 1.29 is 14.7 Å². The van der Waals surface area contributed by atoms with Crippen LogP contribution in [0, 0.1) is 0 Å². The highest BCUT2D eigenvalue weighted by atomic mass is 16.4. The number of benzene rings is 2. The first-order valence-electron chi connectivity index (χ1n) is 9.58. The van der Waals surface area contributed by atoms with E-state index in [9.17, 15) is 14.7 Å². The van der Waals surface area contributed by atoms with Gasteiger partial charge in [0.25, 0.3) is 5.91 Å². The third-order valence-corrected chi connectivity index (χ3v) is 5.43. The van der Waals surface area contributed by atoms with Gasteiger partial charge in [-0.05, 0) is 18.2 Å². The number of nitrogens with one attached hydrogen (secondary N) is 1. The van der Waals surface area contributed by atoms with Crippen molar-refractivity contribution in [3.8, 4) is 0 Å². The van der Waals surface area contributed by atoms with Crippen LogP contribution in [0.15, 0.2) is 48.7 Å². The molecular weight excluding hydrogens is 384 g/mol. The number of carboxylic acid groups (broad SMARTS) is 1. The van der Waals surface area contributed by atoms with Crippen LogP contribution in [0.1, 0.15) is 20.8 Å². The molecule has 1 aliphatic rings. The topological polar surface area (TPSA) is 115 Å². The summed E-state index contributed by atoms with van der Waals surface area (Å²) in [6.45, 7) is 2.36. The number of H-pyrrole nitrogens is 1. The lowest BCUT2D eigenvalue weighted by molar-refractivity contribution is 0.0690. The van der Waals surface area contributed by atoms with Gasteiger partial charge in [-0.15, -0.1) is 5.10 Å². The molecule has 150 valence electrons. The highest BCUT2D eigenvalue weighted by Crippen LogP contribution is 2.25. The number of carbonyl (C=O) groups excluding carboxylic acids is 1. The summed E-state index contributed by atoms with van der Waals surface area (Å²) < 4.78 is 0. The van der Waals surface area contributed by atoms with E-state index in [1.807, 2.05) is 24.3 Å². The molecule has 1 fully saturated rings. The van der Waals surface area contributed by atoms with Gasteiger partial charge < -0.3 is 14.9 Å². The summed E-state index contributed by atoms with van der Waals surface area (Å²) >= 11 is 0. The standard InChI is InChI=1S/C21H18N6O3/c28-20(13-5-6-17-16(11-13)18(21(29)30)24-23-17)27-9-7-26(8-10-27)19-15-4-2-1-3-14(15)12-22-25-19/h1-6,11-12H,7-10H2,(H,23,24)(H,29,30). The molecule has 4 aromatic rings. The first-order valence-corrected chi connectivity index (χ1v) is 9.58. The van der Waals surface area contributed by atoms with Crippen molar-refractivity contribution in [2.24, 2.45) is 0 Å². The summed E-state index contributed by atoms with van der Waals surface area (Å²) in [7, 11) is 0. The molecule has 2 N–H and O–H groups in total. The van der Waals surface area contributed by atoms with E-state index < -0.39 is 5.97 Å². The number of rotatable bonds is 3. The summed E-state index contributed by atoms with van der Waals surface area (Å²) in [5.74, 6) is -0.431. The Labute approximate surface area is 170 Å². The molecule has 0 radical (unpaired) electrons. The second kappa shape index (κ2) is 7.11. The minimum atomic E-state index is -1.13. The second-order valence-electron chi connectivity index (χ2n) is 7.17. The van der Waals surface area contributed by atoms with Crippen LogP contribution in [0.2, 0.25) is 0 Å². The minimum absolute atomic E-state index is 0.0843. The Morgan fingerprint density at radius 2 is 1.80 bits per heavy atom. The zero-order valence-electron chi connectivity index (χ0n) is 15.9. The number of carbonyl (C=O) groups is 2. The Bertz CT molecular complexity index is 1270. The lowest BCUT2D eigenvalue weighted by atomic mass is 10.1. The molecular formula is C21H18N6O3. The van der Waals surface area contributed by atoms with E-state index in [-0.39, 0.29) is 11.6 Å². The molecule has 0 bridgehead atoms. The van der Waals surface area contributed by atoms with Crippen molar-refractivity contribution in [1.29, 1.82) is 0 Å². The Balaban J connectivity index is 1.35. The maximum atomic E-state index is 13.0. The fourth-order valence-corrected chi connectivity index (χ4v) is 3.86. The molecule has 0 spiro atoms. The van der Waals surface area contributed by atoms with Gasteiger partial charge in [0.1, 0.15) is 0 Å². The summed E-state index contributed by atoms with van der Waals surface area (Å²) in [6.07, 6.45) is 1.75. The van der Waals surface area contributed by atoms with Crippen LogP contribution < -0.4 is 4.90 Å². The number of hydrogen-bond acceptors (Lipinski definition) is 6. The SMILES string of the molecule is O=C(O)c1n[nH]c2ccc(C(=O)N3CCN(c4nncc5ccccc45)CC3)cc12. The fraction of sp³-hybridized carbons (Fsp3) is 0.190. The number of piperazine rings is 1. The van der Waals surface area contributed by atoms with Gasteiger partial charge in [0, 0.05) is 47.9 Å². The Morgan fingerprint density at radius 1 is 1.00 bits per heavy atom. The number of hydrogen-bond donors (Lipinski definition) is 2. The molecule has 9 heteroatoms. The lowest BCUT2D eigenvalue weighted by Gasteiger charge is -2.35. The van der Waals surface area contributed by atoms with E-state index in [1.165, 1.54) is 0 Å². The number of aromatic amines is 1. The number of anilines is 1. The molecule has 3 heterocycles. The van der Waals surface area contributed by atoms with Crippen molar-refractivity contribution in [3.05, 3.63) is 59.9 Å². The molecule has 1 saturated heterocycles. The molecule has 0 unspecified atom stereocenters. The summed E-state index contributed by atoms with van der Waals surface area (Å²) in [6, 6.07) is 12.9. The van der Waals surface area contributed by atoms with Gasteiger partial charge in [-0.2, -0.15) is 10.2 Å². The monoisotopic (exact) mass is 402 g/mol. The Kier molecular flexibility index (Phi) is 4.27. The van der Waals surface area contributed by atoms with Crippen molar-refractivity contribution in [1.82, 2.24) is 25.3 Å². The summed E-state index contributed by atoms with van der Waals surface area (Å²) in [5, 5.41) is 26.7. The van der Waals surface area contributed by atoms with Gasteiger partial charge in [0.15, 0.2) is 11.5 Å². The molecule has 2 aromatic carbocycles. The molecule has 1 amide bonds. The molecule has 2 aromatic heterocycles. The van der Waals surface area contributed by atoms with E-state index in [4.69, 9.17) is 0 Å². The van der Waals surface area contributed by atoms with Gasteiger partial charge in [-0.1, -0.05) is 24.3 Å². The van der Waals surface area contributed by atoms with Crippen LogP contribution in [0.25, 0.3) is 21.7 Å². The summed E-state index contributed by atoms with van der Waals surface area (Å²) in [5.41, 5.74) is 0.951. The van der Waals surface area contributed by atoms with E-state index in [2.05, 4.69) is 25.3 Å². The summed E-state index contributed by atoms with van der Waals surface area (Å²) in [4.78, 5) is 28.2. The zero-order valence-corrected chi connectivity index (χ0v) is 15.9. The van der Waals surface area contributed by atoms with Crippen LogP contribution in [-0.2, 0) is 0 Å². The number of aromatic nitrogens is 4. The predicted octanol–water partition coefficient (Wildman–Crippen LogP) is 2.17. The molecule has 9 nitrogen and oxygen atoms in total. The van der Waals surface area contributed by atoms with Gasteiger partial charge in [-0.3, -0.25) is 9.89 Å². The molecule has 30 heavy (non-hydrogen) atoms. The minimum Gasteiger partial charge on any atom is -0.476 e. The Hall–Kier alpha value is -4.01. The van der Waals surface area contributed by atoms with Gasteiger partial charge >= 0.3 is 5.97 Å². The van der Waals surface area contributed by atoms with Crippen molar-refractivity contribution in [2.75, 3.05) is 31.1 Å². The number of carboxylic acids is 1. The van der Waals surface area contributed by atoms with Crippen LogP contribution >= 0.6 is 0 Å². The second-order valence-corrected chi connectivity index (χ2v) is 7.17. The maximum Gasteiger partial charge on any atom is 0.357 e. The van der Waals surface area contributed by atoms with E-state index >= 15 is 0 Å². The predicted molar refractivity (Wildman–Crippen MR) is 111 cm³/mol. The average Bonchev–Trinajstić information content (AvgIpc) is 3.22. The number of fused-ring (bicyclic) bond motifs is 2. The smallest absolute Gasteiger partial charge is 0.357 e. The zero-order chi connectivity index (χ0) is 20.7. The first kappa shape index (κ1) is 18.0. The third kappa shape index (κ3) is 3.00. The number of amides is 1. The van der Waals surface area contributed by atoms with E-state index in [1.54, 1.807) is 29.3 Å². The number of nitrogens with zero attached hydrogens (tertiary/aromatic N) is 5. The van der Waals surface area contributed by atoms with Gasteiger partial charge in [0.05, 0.1) is 11.7 Å². The molecule has 5 rings (SSSR count). The van der Waals surface area contributed by atoms with Crippen LogP contribution in [-0.4, -0.2) is 68.5 Å². The van der Waals surface area contributed by atoms with Crippen molar-refractivity contribution >= 4 is 39.4 Å². The van der Waals surface area contributed by atoms with Gasteiger partial charge in [-0.25, -0.2) is 4.79 Å². The highest BCUT2D eigenvalue weighted by Gasteiger charge is 2.25. The van der Waals surface area contributed by atoms with Crippen LogP contribution in [0.5, 0.6) is 0 Å². The normalized spacial score (nSPS) is 14.4. The quantitative estimate of drug-likeness (QED) is 0.539. The van der Waals surface area contributed by atoms with Gasteiger partial charge in [0.2, 0.25) is 0 Å². The van der Waals surface area contributed by atoms with Crippen LogP contribution in [0.3, 0.4) is 0 Å². The average molecular weight is 402 g/mol.